The normalized spacial score (nSPS) is 12.2. The molecule has 0 saturated heterocycles. The zero-order valence-electron chi connectivity index (χ0n) is 11.7. The Balaban J connectivity index is 3.59. The van der Waals surface area contributed by atoms with Crippen molar-refractivity contribution >= 4 is 11.9 Å². The monoisotopic (exact) mass is 253 g/mol. The van der Waals surface area contributed by atoms with Crippen LogP contribution in [0, 0.1) is 0 Å². The molecular formula is C14H23NO3. The second kappa shape index (κ2) is 9.45. The van der Waals surface area contributed by atoms with Gasteiger partial charge in [0.25, 0.3) is 0 Å². The second-order valence-corrected chi connectivity index (χ2v) is 4.04. The first kappa shape index (κ1) is 16.4. The standard InChI is InChI=1S/C14H23NO3/c1-5-11(3)13(16)15-9-7-8-10-18-14(17)12(4)6-2/h5-6H,7-10H2,1-4H3,(H,15,16)/b11-5+,12-6+. The van der Waals surface area contributed by atoms with E-state index in [4.69, 9.17) is 4.74 Å². The first-order valence-corrected chi connectivity index (χ1v) is 6.24. The fourth-order valence-corrected chi connectivity index (χ4v) is 1.10. The molecule has 0 fully saturated rings. The van der Waals surface area contributed by atoms with Crippen LogP contribution in [-0.2, 0) is 14.3 Å². The van der Waals surface area contributed by atoms with E-state index >= 15 is 0 Å². The molecule has 0 aliphatic heterocycles. The van der Waals surface area contributed by atoms with Crippen LogP contribution < -0.4 is 5.32 Å². The minimum absolute atomic E-state index is 0.0424. The first-order chi connectivity index (χ1) is 8.52. The molecule has 0 unspecified atom stereocenters. The molecule has 0 aliphatic carbocycles. The molecular weight excluding hydrogens is 230 g/mol. The summed E-state index contributed by atoms with van der Waals surface area (Å²) in [6.07, 6.45) is 5.04. The quantitative estimate of drug-likeness (QED) is 0.430. The molecule has 18 heavy (non-hydrogen) atoms. The highest BCUT2D eigenvalue weighted by Gasteiger charge is 2.04. The molecule has 0 aromatic carbocycles. The molecule has 0 heterocycles. The lowest BCUT2D eigenvalue weighted by atomic mass is 10.2. The maximum Gasteiger partial charge on any atom is 0.333 e. The van der Waals surface area contributed by atoms with Crippen LogP contribution in [0.15, 0.2) is 23.3 Å². The Kier molecular flexibility index (Phi) is 8.62. The number of nitrogens with one attached hydrogen (secondary N) is 1. The lowest BCUT2D eigenvalue weighted by molar-refractivity contribution is -0.139. The van der Waals surface area contributed by atoms with Crippen molar-refractivity contribution in [2.45, 2.75) is 40.5 Å². The number of amides is 1. The maximum atomic E-state index is 11.4. The van der Waals surface area contributed by atoms with Gasteiger partial charge in [0.05, 0.1) is 6.61 Å². The largest absolute Gasteiger partial charge is 0.462 e. The van der Waals surface area contributed by atoms with E-state index in [1.807, 2.05) is 6.92 Å². The summed E-state index contributed by atoms with van der Waals surface area (Å²) in [5.74, 6) is -0.314. The summed E-state index contributed by atoms with van der Waals surface area (Å²) in [4.78, 5) is 22.6. The summed E-state index contributed by atoms with van der Waals surface area (Å²) >= 11 is 0. The lowest BCUT2D eigenvalue weighted by Gasteiger charge is -2.06. The fourth-order valence-electron chi connectivity index (χ4n) is 1.10. The van der Waals surface area contributed by atoms with E-state index in [1.165, 1.54) is 0 Å². The van der Waals surface area contributed by atoms with Gasteiger partial charge in [-0.05, 0) is 40.5 Å². The van der Waals surface area contributed by atoms with Gasteiger partial charge in [-0.25, -0.2) is 4.79 Å². The van der Waals surface area contributed by atoms with Gasteiger partial charge in [-0.15, -0.1) is 0 Å². The van der Waals surface area contributed by atoms with E-state index in [0.717, 1.165) is 12.8 Å². The highest BCUT2D eigenvalue weighted by Crippen LogP contribution is 1.98. The smallest absolute Gasteiger partial charge is 0.333 e. The maximum absolute atomic E-state index is 11.4. The van der Waals surface area contributed by atoms with E-state index in [1.54, 1.807) is 32.9 Å². The van der Waals surface area contributed by atoms with E-state index in [0.29, 0.717) is 24.3 Å². The van der Waals surface area contributed by atoms with Crippen LogP contribution in [0.25, 0.3) is 0 Å². The van der Waals surface area contributed by atoms with E-state index in [-0.39, 0.29) is 11.9 Å². The van der Waals surface area contributed by atoms with E-state index in [2.05, 4.69) is 5.32 Å². The van der Waals surface area contributed by atoms with Crippen molar-refractivity contribution in [3.05, 3.63) is 23.3 Å². The van der Waals surface area contributed by atoms with Gasteiger partial charge in [-0.3, -0.25) is 4.79 Å². The van der Waals surface area contributed by atoms with Crippen molar-refractivity contribution in [3.63, 3.8) is 0 Å². The van der Waals surface area contributed by atoms with E-state index < -0.39 is 0 Å². The van der Waals surface area contributed by atoms with E-state index in [9.17, 15) is 9.59 Å². The number of hydrogen-bond acceptors (Lipinski definition) is 3. The number of hydrogen-bond donors (Lipinski definition) is 1. The van der Waals surface area contributed by atoms with Gasteiger partial charge in [0.15, 0.2) is 0 Å². The van der Waals surface area contributed by atoms with Crippen LogP contribution in [0.1, 0.15) is 40.5 Å². The third kappa shape index (κ3) is 6.89. The summed E-state index contributed by atoms with van der Waals surface area (Å²) in [6.45, 7) is 8.12. The molecule has 0 radical (unpaired) electrons. The average molecular weight is 253 g/mol. The zero-order chi connectivity index (χ0) is 14.0. The number of esters is 1. The third-order valence-corrected chi connectivity index (χ3v) is 2.64. The fraction of sp³-hybridized carbons (Fsp3) is 0.571. The van der Waals surface area contributed by atoms with Gasteiger partial charge in [-0.1, -0.05) is 12.2 Å². The predicted molar refractivity (Wildman–Crippen MR) is 72.1 cm³/mol. The highest BCUT2D eigenvalue weighted by molar-refractivity contribution is 5.92. The molecule has 4 heteroatoms. The Morgan fingerprint density at radius 3 is 2.22 bits per heavy atom. The Morgan fingerprint density at radius 1 is 1.06 bits per heavy atom. The number of allylic oxidation sites excluding steroid dienone is 2. The van der Waals surface area contributed by atoms with Crippen molar-refractivity contribution in [2.75, 3.05) is 13.2 Å². The Bertz CT molecular complexity index is 309. The van der Waals surface area contributed by atoms with Crippen LogP contribution in [0.3, 0.4) is 0 Å². The van der Waals surface area contributed by atoms with Gasteiger partial charge in [0.2, 0.25) is 5.91 Å². The number of carbonyl (C=O) groups excluding carboxylic acids is 2. The van der Waals surface area contributed by atoms with Crippen LogP contribution >= 0.6 is 0 Å². The van der Waals surface area contributed by atoms with Crippen molar-refractivity contribution < 1.29 is 14.3 Å². The number of rotatable bonds is 7. The molecule has 4 nitrogen and oxygen atoms in total. The van der Waals surface area contributed by atoms with Gasteiger partial charge >= 0.3 is 5.97 Å². The molecule has 0 bridgehead atoms. The summed E-state index contributed by atoms with van der Waals surface area (Å²) in [7, 11) is 0. The molecule has 0 saturated carbocycles. The highest BCUT2D eigenvalue weighted by atomic mass is 16.5. The third-order valence-electron chi connectivity index (χ3n) is 2.64. The van der Waals surface area contributed by atoms with Crippen LogP contribution in [-0.4, -0.2) is 25.0 Å². The number of carbonyl (C=O) groups is 2. The van der Waals surface area contributed by atoms with Crippen LogP contribution in [0.5, 0.6) is 0 Å². The molecule has 0 atom stereocenters. The van der Waals surface area contributed by atoms with Gasteiger partial charge in [-0.2, -0.15) is 0 Å². The summed E-state index contributed by atoms with van der Waals surface area (Å²) in [6, 6.07) is 0. The summed E-state index contributed by atoms with van der Waals surface area (Å²) in [5, 5.41) is 2.80. The van der Waals surface area contributed by atoms with Crippen LogP contribution in [0.4, 0.5) is 0 Å². The number of ether oxygens (including phenoxy) is 1. The summed E-state index contributed by atoms with van der Waals surface area (Å²) in [5.41, 5.74) is 1.33. The average Bonchev–Trinajstić information content (AvgIpc) is 2.39. The van der Waals surface area contributed by atoms with Gasteiger partial charge in [0.1, 0.15) is 0 Å². The molecule has 1 amide bonds. The second-order valence-electron chi connectivity index (χ2n) is 4.04. The van der Waals surface area contributed by atoms with Crippen molar-refractivity contribution in [2.24, 2.45) is 0 Å². The van der Waals surface area contributed by atoms with Gasteiger partial charge in [0, 0.05) is 17.7 Å². The Labute approximate surface area is 109 Å². The van der Waals surface area contributed by atoms with Crippen molar-refractivity contribution in [1.29, 1.82) is 0 Å². The first-order valence-electron chi connectivity index (χ1n) is 6.24. The Hall–Kier alpha value is -1.58. The van der Waals surface area contributed by atoms with Crippen molar-refractivity contribution in [1.82, 2.24) is 5.32 Å². The Morgan fingerprint density at radius 2 is 1.67 bits per heavy atom. The molecule has 0 rings (SSSR count). The topological polar surface area (TPSA) is 55.4 Å². The predicted octanol–water partition coefficient (Wildman–Crippen LogP) is 2.36. The van der Waals surface area contributed by atoms with Gasteiger partial charge < -0.3 is 10.1 Å². The minimum Gasteiger partial charge on any atom is -0.462 e. The number of unbranched alkanes of at least 4 members (excludes halogenated alkanes) is 1. The minimum atomic E-state index is -0.272. The van der Waals surface area contributed by atoms with Crippen LogP contribution in [0.2, 0.25) is 0 Å². The zero-order valence-corrected chi connectivity index (χ0v) is 11.7. The molecule has 1 N–H and O–H groups in total. The van der Waals surface area contributed by atoms with Crippen molar-refractivity contribution in [3.8, 4) is 0 Å². The SMILES string of the molecule is C/C=C(\C)C(=O)NCCCCOC(=O)/C(C)=C/C. The summed E-state index contributed by atoms with van der Waals surface area (Å²) < 4.78 is 5.04. The molecule has 0 aromatic rings. The molecule has 102 valence electrons. The molecule has 0 spiro atoms. The lowest BCUT2D eigenvalue weighted by Crippen LogP contribution is -2.25. The molecule has 0 aliphatic rings. The molecule has 0 aromatic heterocycles.